The first-order chi connectivity index (χ1) is 14.8. The summed E-state index contributed by atoms with van der Waals surface area (Å²) in [4.78, 5) is 6.20. The van der Waals surface area contributed by atoms with Crippen molar-refractivity contribution in [1.29, 1.82) is 0 Å². The van der Waals surface area contributed by atoms with Gasteiger partial charge in [-0.25, -0.2) is 0 Å². The average Bonchev–Trinajstić information content (AvgIpc) is 3.45. The van der Waals surface area contributed by atoms with Gasteiger partial charge in [-0.15, -0.1) is 21.5 Å². The summed E-state index contributed by atoms with van der Waals surface area (Å²) >= 11 is 1.78. The number of ether oxygens (including phenoxy) is 1. The SMILES string of the molecule is CCc1nncn1CCNC(=NCCc1cccs1)NC1CCOc2ccccc21. The molecule has 2 aromatic heterocycles. The number of para-hydroxylation sites is 1. The van der Waals surface area contributed by atoms with Gasteiger partial charge in [0.2, 0.25) is 0 Å². The number of nitrogens with zero attached hydrogens (tertiary/aromatic N) is 4. The topological polar surface area (TPSA) is 76.4 Å². The van der Waals surface area contributed by atoms with Gasteiger partial charge >= 0.3 is 0 Å². The van der Waals surface area contributed by atoms with Gasteiger partial charge in [-0.3, -0.25) is 4.99 Å². The number of hydrogen-bond acceptors (Lipinski definition) is 5. The number of rotatable bonds is 8. The molecule has 3 aromatic rings. The first-order valence-electron chi connectivity index (χ1n) is 10.5. The predicted octanol–water partition coefficient (Wildman–Crippen LogP) is 3.20. The van der Waals surface area contributed by atoms with Crippen LogP contribution in [0.15, 0.2) is 53.1 Å². The summed E-state index contributed by atoms with van der Waals surface area (Å²) in [6.07, 6.45) is 4.52. The minimum Gasteiger partial charge on any atom is -0.493 e. The fourth-order valence-electron chi connectivity index (χ4n) is 3.58. The van der Waals surface area contributed by atoms with Crippen LogP contribution in [0.5, 0.6) is 5.75 Å². The highest BCUT2D eigenvalue weighted by Gasteiger charge is 2.21. The Morgan fingerprint density at radius 1 is 1.30 bits per heavy atom. The van der Waals surface area contributed by atoms with Crippen LogP contribution >= 0.6 is 11.3 Å². The molecule has 0 amide bonds. The second kappa shape index (κ2) is 10.2. The standard InChI is InChI=1S/C22H28N6OS/c1-2-21-27-25-16-28(21)13-12-24-22(23-11-9-17-6-5-15-30-17)26-19-10-14-29-20-8-4-3-7-18(19)20/h3-8,15-16,19H,2,9-14H2,1H3,(H2,23,24,26). The second-order valence-corrected chi connectivity index (χ2v) is 8.18. The number of aryl methyl sites for hydroxylation is 1. The molecule has 0 bridgehead atoms. The Hall–Kier alpha value is -2.87. The Bertz CT molecular complexity index is 952. The van der Waals surface area contributed by atoms with E-state index in [1.807, 2.05) is 12.1 Å². The van der Waals surface area contributed by atoms with E-state index in [0.29, 0.717) is 6.61 Å². The first kappa shape index (κ1) is 20.4. The van der Waals surface area contributed by atoms with Gasteiger partial charge in [-0.2, -0.15) is 0 Å². The smallest absolute Gasteiger partial charge is 0.191 e. The van der Waals surface area contributed by atoms with Crippen LogP contribution in [-0.2, 0) is 19.4 Å². The lowest BCUT2D eigenvalue weighted by Crippen LogP contribution is -2.42. The molecule has 1 atom stereocenters. The van der Waals surface area contributed by atoms with Crippen LogP contribution in [0.4, 0.5) is 0 Å². The minimum absolute atomic E-state index is 0.184. The Morgan fingerprint density at radius 3 is 3.10 bits per heavy atom. The van der Waals surface area contributed by atoms with Crippen molar-refractivity contribution < 1.29 is 4.74 Å². The fraction of sp³-hybridized carbons (Fsp3) is 0.409. The molecule has 0 radical (unpaired) electrons. The Morgan fingerprint density at radius 2 is 2.23 bits per heavy atom. The number of aromatic nitrogens is 3. The lowest BCUT2D eigenvalue weighted by atomic mass is 10.0. The summed E-state index contributed by atoms with van der Waals surface area (Å²) in [7, 11) is 0. The summed E-state index contributed by atoms with van der Waals surface area (Å²) in [5, 5.41) is 17.4. The van der Waals surface area contributed by atoms with E-state index in [9.17, 15) is 0 Å². The molecule has 3 heterocycles. The van der Waals surface area contributed by atoms with Gasteiger partial charge in [0, 0.05) is 49.3 Å². The Kier molecular flexibility index (Phi) is 6.97. The third kappa shape index (κ3) is 5.18. The van der Waals surface area contributed by atoms with Gasteiger partial charge < -0.3 is 19.9 Å². The molecule has 0 saturated carbocycles. The highest BCUT2D eigenvalue weighted by Crippen LogP contribution is 2.31. The summed E-state index contributed by atoms with van der Waals surface area (Å²) in [5.74, 6) is 2.79. The van der Waals surface area contributed by atoms with Crippen molar-refractivity contribution in [2.24, 2.45) is 4.99 Å². The summed E-state index contributed by atoms with van der Waals surface area (Å²) < 4.78 is 7.89. The largest absolute Gasteiger partial charge is 0.493 e. The van der Waals surface area contributed by atoms with Gasteiger partial charge in [0.25, 0.3) is 0 Å². The molecule has 30 heavy (non-hydrogen) atoms. The zero-order chi connectivity index (χ0) is 20.6. The van der Waals surface area contributed by atoms with Crippen molar-refractivity contribution in [1.82, 2.24) is 25.4 Å². The third-order valence-corrected chi connectivity index (χ3v) is 6.07. The van der Waals surface area contributed by atoms with Crippen molar-refractivity contribution in [3.63, 3.8) is 0 Å². The summed E-state index contributed by atoms with van der Waals surface area (Å²) in [5.41, 5.74) is 1.18. The van der Waals surface area contributed by atoms with E-state index < -0.39 is 0 Å². The maximum atomic E-state index is 5.80. The number of benzene rings is 1. The molecule has 0 fully saturated rings. The fourth-order valence-corrected chi connectivity index (χ4v) is 4.27. The van der Waals surface area contributed by atoms with E-state index in [-0.39, 0.29) is 6.04 Å². The third-order valence-electron chi connectivity index (χ3n) is 5.13. The quantitative estimate of drug-likeness (QED) is 0.429. The monoisotopic (exact) mass is 424 g/mol. The molecular weight excluding hydrogens is 396 g/mol. The number of nitrogens with one attached hydrogen (secondary N) is 2. The molecule has 1 aliphatic rings. The lowest BCUT2D eigenvalue weighted by Gasteiger charge is -2.28. The number of aliphatic imine (C=N–C) groups is 1. The van der Waals surface area contributed by atoms with Crippen molar-refractivity contribution in [3.8, 4) is 5.75 Å². The van der Waals surface area contributed by atoms with Gasteiger partial charge in [0.1, 0.15) is 17.9 Å². The maximum Gasteiger partial charge on any atom is 0.191 e. The average molecular weight is 425 g/mol. The molecule has 158 valence electrons. The van der Waals surface area contributed by atoms with Crippen LogP contribution in [0.2, 0.25) is 0 Å². The van der Waals surface area contributed by atoms with Crippen molar-refractivity contribution >= 4 is 17.3 Å². The highest BCUT2D eigenvalue weighted by atomic mass is 32.1. The summed E-state index contributed by atoms with van der Waals surface area (Å²) in [6.45, 7) is 5.09. The summed E-state index contributed by atoms with van der Waals surface area (Å²) in [6, 6.07) is 12.7. The Labute approximate surface area is 181 Å². The Balaban J connectivity index is 1.41. The molecule has 1 unspecified atom stereocenters. The van der Waals surface area contributed by atoms with Crippen LogP contribution in [0.25, 0.3) is 0 Å². The molecule has 0 saturated heterocycles. The normalized spacial score (nSPS) is 16.0. The molecule has 4 rings (SSSR count). The number of thiophene rings is 1. The molecule has 0 spiro atoms. The van der Waals surface area contributed by atoms with E-state index in [1.54, 1.807) is 17.7 Å². The van der Waals surface area contributed by atoms with Crippen molar-refractivity contribution in [2.45, 2.75) is 38.8 Å². The number of fused-ring (bicyclic) bond motifs is 1. The second-order valence-electron chi connectivity index (χ2n) is 7.15. The molecule has 8 heteroatoms. The van der Waals surface area contributed by atoms with Gasteiger partial charge in [0.05, 0.1) is 12.6 Å². The van der Waals surface area contributed by atoms with E-state index in [2.05, 4.69) is 62.0 Å². The molecule has 0 aliphatic carbocycles. The molecule has 2 N–H and O–H groups in total. The van der Waals surface area contributed by atoms with E-state index in [1.165, 1.54) is 10.4 Å². The van der Waals surface area contributed by atoms with Gasteiger partial charge in [-0.05, 0) is 17.5 Å². The maximum absolute atomic E-state index is 5.80. The van der Waals surface area contributed by atoms with Crippen LogP contribution < -0.4 is 15.4 Å². The van der Waals surface area contributed by atoms with Crippen LogP contribution in [0.1, 0.15) is 35.7 Å². The molecule has 7 nitrogen and oxygen atoms in total. The minimum atomic E-state index is 0.184. The van der Waals surface area contributed by atoms with Gasteiger partial charge in [-0.1, -0.05) is 31.2 Å². The van der Waals surface area contributed by atoms with Crippen LogP contribution in [0, 0.1) is 0 Å². The first-order valence-corrected chi connectivity index (χ1v) is 11.4. The number of guanidine groups is 1. The molecule has 1 aromatic carbocycles. The zero-order valence-corrected chi connectivity index (χ0v) is 18.1. The molecule has 1 aliphatic heterocycles. The van der Waals surface area contributed by atoms with E-state index >= 15 is 0 Å². The lowest BCUT2D eigenvalue weighted by molar-refractivity contribution is 0.261. The van der Waals surface area contributed by atoms with E-state index in [0.717, 1.165) is 56.4 Å². The predicted molar refractivity (Wildman–Crippen MR) is 120 cm³/mol. The van der Waals surface area contributed by atoms with Crippen LogP contribution in [0.3, 0.4) is 0 Å². The van der Waals surface area contributed by atoms with Crippen molar-refractivity contribution in [3.05, 3.63) is 64.4 Å². The highest BCUT2D eigenvalue weighted by molar-refractivity contribution is 7.09. The zero-order valence-electron chi connectivity index (χ0n) is 17.3. The van der Waals surface area contributed by atoms with Crippen molar-refractivity contribution in [2.75, 3.05) is 19.7 Å². The molecular formula is C22H28N6OS. The van der Waals surface area contributed by atoms with Crippen LogP contribution in [-0.4, -0.2) is 40.4 Å². The van der Waals surface area contributed by atoms with E-state index in [4.69, 9.17) is 9.73 Å². The van der Waals surface area contributed by atoms with Gasteiger partial charge in [0.15, 0.2) is 5.96 Å². The number of hydrogen-bond donors (Lipinski definition) is 2.